The summed E-state index contributed by atoms with van der Waals surface area (Å²) in [5.41, 5.74) is -0.411. The molecule has 0 aliphatic rings. The molecule has 0 aliphatic heterocycles. The van der Waals surface area contributed by atoms with Crippen molar-refractivity contribution in [2.24, 2.45) is 0 Å². The predicted octanol–water partition coefficient (Wildman–Crippen LogP) is 7.76. The smallest absolute Gasteiger partial charge is 0.354 e. The number of amides is 2. The maximum atomic E-state index is 14.5. The molecule has 4 aromatic carbocycles. The molecule has 0 aromatic heterocycles. The summed E-state index contributed by atoms with van der Waals surface area (Å²) in [7, 11) is -4.61. The summed E-state index contributed by atoms with van der Waals surface area (Å²) in [6.45, 7) is 1.24. The van der Waals surface area contributed by atoms with Gasteiger partial charge < -0.3 is 10.2 Å². The monoisotopic (exact) mass is 719 g/mol. The second-order valence-corrected chi connectivity index (χ2v) is 13.7. The number of rotatable bonds is 14. The van der Waals surface area contributed by atoms with Crippen LogP contribution in [0.2, 0.25) is 10.0 Å². The van der Waals surface area contributed by atoms with Crippen molar-refractivity contribution < 1.29 is 31.2 Å². The third-order valence-corrected chi connectivity index (χ3v) is 9.85. The first kappa shape index (κ1) is 36.8. The summed E-state index contributed by atoms with van der Waals surface area (Å²) in [5.74, 6) is -1.30. The van der Waals surface area contributed by atoms with Crippen molar-refractivity contribution in [3.8, 4) is 0 Å². The van der Waals surface area contributed by atoms with Crippen molar-refractivity contribution in [3.05, 3.63) is 130 Å². The molecule has 0 heterocycles. The SMILES string of the molecule is CCCCNC(=O)C(Cc1ccccc1)N(Cc1cccc(Cl)c1)C(=O)CN(c1ccc(Cl)c(C(F)(F)F)c1)S(=O)(=O)c1ccccc1. The molecule has 2 amide bonds. The van der Waals surface area contributed by atoms with Gasteiger partial charge in [-0.15, -0.1) is 0 Å². The van der Waals surface area contributed by atoms with Crippen LogP contribution in [0.25, 0.3) is 0 Å². The van der Waals surface area contributed by atoms with E-state index < -0.39 is 56.9 Å². The fourth-order valence-corrected chi connectivity index (χ4v) is 6.89. The molecule has 0 bridgehead atoms. The third-order valence-electron chi connectivity index (χ3n) is 7.50. The second kappa shape index (κ2) is 16.4. The minimum Gasteiger partial charge on any atom is -0.354 e. The van der Waals surface area contributed by atoms with E-state index in [4.69, 9.17) is 23.2 Å². The van der Waals surface area contributed by atoms with E-state index in [2.05, 4.69) is 5.32 Å². The van der Waals surface area contributed by atoms with Gasteiger partial charge in [-0.2, -0.15) is 13.2 Å². The molecule has 254 valence electrons. The predicted molar refractivity (Wildman–Crippen MR) is 181 cm³/mol. The van der Waals surface area contributed by atoms with Gasteiger partial charge in [0.05, 0.1) is 21.2 Å². The molecule has 7 nitrogen and oxygen atoms in total. The van der Waals surface area contributed by atoms with Gasteiger partial charge >= 0.3 is 6.18 Å². The Kier molecular flexibility index (Phi) is 12.5. The van der Waals surface area contributed by atoms with Crippen molar-refractivity contribution in [3.63, 3.8) is 0 Å². The molecule has 13 heteroatoms. The molecule has 0 saturated heterocycles. The Bertz CT molecular complexity index is 1810. The van der Waals surface area contributed by atoms with Crippen molar-refractivity contribution in [1.29, 1.82) is 0 Å². The van der Waals surface area contributed by atoms with Crippen molar-refractivity contribution in [2.45, 2.75) is 49.8 Å². The van der Waals surface area contributed by atoms with Gasteiger partial charge in [-0.1, -0.05) is 97.2 Å². The number of anilines is 1. The highest BCUT2D eigenvalue weighted by molar-refractivity contribution is 7.92. The number of carbonyl (C=O) groups excluding carboxylic acids is 2. The van der Waals surface area contributed by atoms with E-state index in [1.54, 1.807) is 54.6 Å². The van der Waals surface area contributed by atoms with Gasteiger partial charge in [0.2, 0.25) is 11.8 Å². The molecule has 4 rings (SSSR count). The molecular weight excluding hydrogens is 686 g/mol. The molecule has 0 aliphatic carbocycles. The summed E-state index contributed by atoms with van der Waals surface area (Å²) >= 11 is 12.1. The van der Waals surface area contributed by atoms with E-state index in [0.717, 1.165) is 24.1 Å². The maximum Gasteiger partial charge on any atom is 0.417 e. The first-order valence-corrected chi connectivity index (χ1v) is 17.3. The van der Waals surface area contributed by atoms with Crippen LogP contribution >= 0.6 is 23.2 Å². The van der Waals surface area contributed by atoms with E-state index in [1.165, 1.54) is 29.2 Å². The number of sulfonamides is 1. The molecule has 0 radical (unpaired) electrons. The molecule has 0 saturated carbocycles. The van der Waals surface area contributed by atoms with Crippen LogP contribution in [0.4, 0.5) is 18.9 Å². The second-order valence-electron chi connectivity index (χ2n) is 11.0. The van der Waals surface area contributed by atoms with Crippen molar-refractivity contribution in [2.75, 3.05) is 17.4 Å². The van der Waals surface area contributed by atoms with Crippen LogP contribution in [-0.2, 0) is 38.8 Å². The standard InChI is InChI=1S/C35H34Cl2F3N3O4S/c1-2-3-19-41-34(45)32(21-25-11-6-4-7-12-25)42(23-26-13-10-14-27(36)20-26)33(44)24-43(48(46,47)29-15-8-5-9-16-29)28-17-18-31(37)30(22-28)35(38,39)40/h4-18,20,22,32H,2-3,19,21,23-24H2,1H3,(H,41,45). The summed E-state index contributed by atoms with van der Waals surface area (Å²) in [5, 5.41) is 2.62. The topological polar surface area (TPSA) is 86.8 Å². The summed E-state index contributed by atoms with van der Waals surface area (Å²) in [6.07, 6.45) is -3.33. The Morgan fingerprint density at radius 3 is 2.12 bits per heavy atom. The van der Waals surface area contributed by atoms with E-state index >= 15 is 0 Å². The van der Waals surface area contributed by atoms with Gasteiger partial charge in [0, 0.05) is 24.5 Å². The van der Waals surface area contributed by atoms with Gasteiger partial charge in [0.25, 0.3) is 10.0 Å². The lowest BCUT2D eigenvalue weighted by atomic mass is 10.0. The molecule has 1 unspecified atom stereocenters. The van der Waals surface area contributed by atoms with Gasteiger partial charge in [0.15, 0.2) is 0 Å². The minimum atomic E-state index is -4.91. The first-order valence-electron chi connectivity index (χ1n) is 15.1. The van der Waals surface area contributed by atoms with Gasteiger partial charge in [-0.3, -0.25) is 13.9 Å². The third kappa shape index (κ3) is 9.52. The first-order chi connectivity index (χ1) is 22.8. The number of benzene rings is 4. The Hall–Kier alpha value is -4.06. The van der Waals surface area contributed by atoms with E-state index in [9.17, 15) is 31.2 Å². The van der Waals surface area contributed by atoms with Gasteiger partial charge in [0.1, 0.15) is 12.6 Å². The van der Waals surface area contributed by atoms with E-state index in [0.29, 0.717) is 33.9 Å². The number of halogens is 5. The quantitative estimate of drug-likeness (QED) is 0.135. The Labute approximate surface area is 288 Å². The number of alkyl halides is 3. The largest absolute Gasteiger partial charge is 0.417 e. The van der Waals surface area contributed by atoms with Crippen LogP contribution in [0.15, 0.2) is 108 Å². The van der Waals surface area contributed by atoms with E-state index in [1.807, 2.05) is 13.0 Å². The molecular formula is C35H34Cl2F3N3O4S. The van der Waals surface area contributed by atoms with Crippen LogP contribution in [-0.4, -0.2) is 44.3 Å². The number of nitrogens with zero attached hydrogens (tertiary/aromatic N) is 2. The number of hydrogen-bond acceptors (Lipinski definition) is 4. The molecule has 48 heavy (non-hydrogen) atoms. The van der Waals surface area contributed by atoms with Crippen molar-refractivity contribution >= 4 is 50.7 Å². The van der Waals surface area contributed by atoms with Crippen molar-refractivity contribution in [1.82, 2.24) is 10.2 Å². The zero-order valence-corrected chi connectivity index (χ0v) is 28.3. The molecule has 1 N–H and O–H groups in total. The van der Waals surface area contributed by atoms with Crippen LogP contribution in [0.3, 0.4) is 0 Å². The molecule has 4 aromatic rings. The molecule has 0 spiro atoms. The number of hydrogen-bond donors (Lipinski definition) is 1. The summed E-state index contributed by atoms with van der Waals surface area (Å²) in [6, 6.07) is 24.2. The van der Waals surface area contributed by atoms with Crippen LogP contribution in [0.5, 0.6) is 0 Å². The maximum absolute atomic E-state index is 14.5. The fourth-order valence-electron chi connectivity index (χ4n) is 5.03. The Morgan fingerprint density at radius 2 is 1.50 bits per heavy atom. The Morgan fingerprint density at radius 1 is 0.854 bits per heavy atom. The average molecular weight is 721 g/mol. The van der Waals surface area contributed by atoms with Crippen LogP contribution in [0.1, 0.15) is 36.5 Å². The summed E-state index contributed by atoms with van der Waals surface area (Å²) < 4.78 is 70.5. The lowest BCUT2D eigenvalue weighted by Gasteiger charge is -2.34. The zero-order valence-electron chi connectivity index (χ0n) is 26.0. The van der Waals surface area contributed by atoms with E-state index in [-0.39, 0.29) is 17.9 Å². The van der Waals surface area contributed by atoms with Gasteiger partial charge in [-0.25, -0.2) is 8.42 Å². The highest BCUT2D eigenvalue weighted by Crippen LogP contribution is 2.38. The number of nitrogens with one attached hydrogen (secondary N) is 1. The summed E-state index contributed by atoms with van der Waals surface area (Å²) in [4.78, 5) is 29.3. The zero-order chi connectivity index (χ0) is 34.9. The number of carbonyl (C=O) groups is 2. The van der Waals surface area contributed by atoms with Gasteiger partial charge in [-0.05, 0) is 60.0 Å². The normalized spacial score (nSPS) is 12.3. The Balaban J connectivity index is 1.84. The lowest BCUT2D eigenvalue weighted by Crippen LogP contribution is -2.53. The lowest BCUT2D eigenvalue weighted by molar-refractivity contribution is -0.140. The molecule has 1 atom stereocenters. The highest BCUT2D eigenvalue weighted by atomic mass is 35.5. The fraction of sp³-hybridized carbons (Fsp3) is 0.257. The average Bonchev–Trinajstić information content (AvgIpc) is 3.06. The number of unbranched alkanes of at least 4 members (excludes halogenated alkanes) is 1. The highest BCUT2D eigenvalue weighted by Gasteiger charge is 2.37. The van der Waals surface area contributed by atoms with Crippen LogP contribution < -0.4 is 9.62 Å². The minimum absolute atomic E-state index is 0.0791. The van der Waals surface area contributed by atoms with Crippen LogP contribution in [0, 0.1) is 0 Å². The molecule has 0 fully saturated rings.